The Morgan fingerprint density at radius 3 is 1.57 bits per heavy atom. The number of rotatable bonds is 6. The molecule has 0 atom stereocenters. The summed E-state index contributed by atoms with van der Waals surface area (Å²) in [6.07, 6.45) is 0. The molecule has 262 valence electrons. The molecule has 0 amide bonds. The van der Waals surface area contributed by atoms with Crippen LogP contribution in [0.3, 0.4) is 0 Å². The summed E-state index contributed by atoms with van der Waals surface area (Å²) < 4.78 is 13.1. The summed E-state index contributed by atoms with van der Waals surface area (Å²) in [6.45, 7) is 0. The Labute approximate surface area is 322 Å². The molecule has 5 nitrogen and oxygen atoms in total. The maximum absolute atomic E-state index is 6.60. The molecule has 0 saturated carbocycles. The predicted octanol–water partition coefficient (Wildman–Crippen LogP) is 13.7. The molecule has 11 aromatic rings. The third-order valence-electron chi connectivity index (χ3n) is 10.6. The minimum Gasteiger partial charge on any atom is -0.456 e. The van der Waals surface area contributed by atoms with Crippen LogP contribution in [0.2, 0.25) is 0 Å². The molecule has 5 heteroatoms. The second kappa shape index (κ2) is 13.0. The molecule has 0 bridgehead atoms. The average molecular weight is 718 g/mol. The van der Waals surface area contributed by atoms with Crippen molar-refractivity contribution >= 4 is 43.9 Å². The number of hydrogen-bond acceptors (Lipinski definition) is 5. The lowest BCUT2D eigenvalue weighted by Gasteiger charge is -2.10. The van der Waals surface area contributed by atoms with E-state index in [0.717, 1.165) is 93.9 Å². The topological polar surface area (TPSA) is 65.0 Å². The van der Waals surface area contributed by atoms with E-state index >= 15 is 0 Å². The van der Waals surface area contributed by atoms with Gasteiger partial charge < -0.3 is 8.83 Å². The highest BCUT2D eigenvalue weighted by Crippen LogP contribution is 2.44. The fourth-order valence-electron chi connectivity index (χ4n) is 7.88. The minimum absolute atomic E-state index is 0.579. The van der Waals surface area contributed by atoms with Crippen LogP contribution in [0, 0.1) is 0 Å². The Bertz CT molecular complexity index is 3220. The summed E-state index contributed by atoms with van der Waals surface area (Å²) in [7, 11) is 0. The Morgan fingerprint density at radius 2 is 0.821 bits per heavy atom. The molecule has 8 aromatic carbocycles. The van der Waals surface area contributed by atoms with E-state index in [1.807, 2.05) is 66.7 Å². The standard InChI is InChI=1S/C51H31N3O2/c1-4-13-32(14-5-1)33-23-25-36(26-24-33)50-52-49(35-17-8-3-9-18-35)53-51(54-50)41-20-12-22-45-46(41)42-31-37(27-30-44(42)55-45)38-28-29-39(34-15-6-2-7-16-34)48-47(38)40-19-10-11-21-43(40)56-48/h1-31H. The van der Waals surface area contributed by atoms with E-state index in [4.69, 9.17) is 23.8 Å². The van der Waals surface area contributed by atoms with Gasteiger partial charge in [-0.05, 0) is 58.1 Å². The molecule has 0 unspecified atom stereocenters. The van der Waals surface area contributed by atoms with Gasteiger partial charge >= 0.3 is 0 Å². The Balaban J connectivity index is 1.10. The van der Waals surface area contributed by atoms with Crippen LogP contribution >= 0.6 is 0 Å². The van der Waals surface area contributed by atoms with E-state index < -0.39 is 0 Å². The number of para-hydroxylation sites is 1. The van der Waals surface area contributed by atoms with Gasteiger partial charge in [-0.1, -0.05) is 158 Å². The summed E-state index contributed by atoms with van der Waals surface area (Å²) in [6, 6.07) is 64.4. The van der Waals surface area contributed by atoms with Gasteiger partial charge in [-0.3, -0.25) is 0 Å². The van der Waals surface area contributed by atoms with Crippen LogP contribution in [0.5, 0.6) is 0 Å². The molecule has 56 heavy (non-hydrogen) atoms. The van der Waals surface area contributed by atoms with Gasteiger partial charge in [-0.2, -0.15) is 0 Å². The van der Waals surface area contributed by atoms with Crippen molar-refractivity contribution in [2.24, 2.45) is 0 Å². The molecule has 0 aliphatic rings. The van der Waals surface area contributed by atoms with Crippen molar-refractivity contribution in [3.05, 3.63) is 188 Å². The van der Waals surface area contributed by atoms with Crippen molar-refractivity contribution in [2.45, 2.75) is 0 Å². The highest BCUT2D eigenvalue weighted by atomic mass is 16.3. The Hall–Kier alpha value is -7.63. The lowest BCUT2D eigenvalue weighted by atomic mass is 9.93. The summed E-state index contributed by atoms with van der Waals surface area (Å²) in [5.74, 6) is 1.79. The number of fused-ring (bicyclic) bond motifs is 6. The largest absolute Gasteiger partial charge is 0.456 e. The average Bonchev–Trinajstić information content (AvgIpc) is 3.86. The van der Waals surface area contributed by atoms with Crippen molar-refractivity contribution in [1.82, 2.24) is 15.0 Å². The number of aromatic nitrogens is 3. The molecular formula is C51H31N3O2. The molecule has 11 rings (SSSR count). The summed E-state index contributed by atoms with van der Waals surface area (Å²) in [5, 5.41) is 4.10. The van der Waals surface area contributed by atoms with Crippen molar-refractivity contribution in [1.29, 1.82) is 0 Å². The number of hydrogen-bond donors (Lipinski definition) is 0. The van der Waals surface area contributed by atoms with Gasteiger partial charge in [0.25, 0.3) is 0 Å². The van der Waals surface area contributed by atoms with Gasteiger partial charge in [0.15, 0.2) is 17.5 Å². The SMILES string of the molecule is c1ccc(-c2ccc(-c3nc(-c4ccccc4)nc(-c4cccc5oc6ccc(-c7ccc(-c8ccccc8)c8oc9ccccc9c78)cc6c45)n3)cc2)cc1. The summed E-state index contributed by atoms with van der Waals surface area (Å²) in [5.41, 5.74) is 12.6. The van der Waals surface area contributed by atoms with Gasteiger partial charge in [0.2, 0.25) is 0 Å². The maximum atomic E-state index is 6.60. The number of benzene rings is 8. The molecule has 0 fully saturated rings. The van der Waals surface area contributed by atoms with Crippen LogP contribution in [0.1, 0.15) is 0 Å². The van der Waals surface area contributed by atoms with Gasteiger partial charge in [0, 0.05) is 43.8 Å². The fourth-order valence-corrected chi connectivity index (χ4v) is 7.88. The quantitative estimate of drug-likeness (QED) is 0.171. The van der Waals surface area contributed by atoms with Crippen molar-refractivity contribution in [3.63, 3.8) is 0 Å². The molecule has 0 aliphatic heterocycles. The zero-order valence-electron chi connectivity index (χ0n) is 30.1. The molecular weight excluding hydrogens is 687 g/mol. The van der Waals surface area contributed by atoms with Crippen molar-refractivity contribution in [2.75, 3.05) is 0 Å². The zero-order valence-corrected chi connectivity index (χ0v) is 30.1. The van der Waals surface area contributed by atoms with Crippen LogP contribution < -0.4 is 0 Å². The number of nitrogens with zero attached hydrogens (tertiary/aromatic N) is 3. The van der Waals surface area contributed by atoms with Gasteiger partial charge in [0.1, 0.15) is 22.3 Å². The van der Waals surface area contributed by atoms with E-state index in [-0.39, 0.29) is 0 Å². The molecule has 3 heterocycles. The van der Waals surface area contributed by atoms with Crippen LogP contribution in [0.4, 0.5) is 0 Å². The van der Waals surface area contributed by atoms with E-state index in [1.54, 1.807) is 0 Å². The minimum atomic E-state index is 0.579. The van der Waals surface area contributed by atoms with Crippen LogP contribution in [0.25, 0.3) is 111 Å². The third kappa shape index (κ3) is 5.37. The molecule has 3 aromatic heterocycles. The van der Waals surface area contributed by atoms with E-state index in [0.29, 0.717) is 17.5 Å². The lowest BCUT2D eigenvalue weighted by molar-refractivity contribution is 0.669. The lowest BCUT2D eigenvalue weighted by Crippen LogP contribution is -2.00. The number of furan rings is 2. The first-order valence-corrected chi connectivity index (χ1v) is 18.7. The normalized spacial score (nSPS) is 11.6. The monoisotopic (exact) mass is 717 g/mol. The molecule has 0 radical (unpaired) electrons. The first kappa shape index (κ1) is 31.9. The van der Waals surface area contributed by atoms with Gasteiger partial charge in [-0.15, -0.1) is 0 Å². The smallest absolute Gasteiger partial charge is 0.164 e. The molecule has 0 N–H and O–H groups in total. The van der Waals surface area contributed by atoms with Gasteiger partial charge in [-0.25, -0.2) is 15.0 Å². The highest BCUT2D eigenvalue weighted by molar-refractivity contribution is 6.18. The second-order valence-electron chi connectivity index (χ2n) is 13.9. The van der Waals surface area contributed by atoms with E-state index in [9.17, 15) is 0 Å². The summed E-state index contributed by atoms with van der Waals surface area (Å²) >= 11 is 0. The molecule has 0 saturated heterocycles. The Kier molecular flexibility index (Phi) is 7.42. The van der Waals surface area contributed by atoms with Crippen LogP contribution in [-0.4, -0.2) is 15.0 Å². The Morgan fingerprint density at radius 1 is 0.286 bits per heavy atom. The van der Waals surface area contributed by atoms with Crippen LogP contribution in [-0.2, 0) is 0 Å². The van der Waals surface area contributed by atoms with E-state index in [2.05, 4.69) is 121 Å². The first-order chi connectivity index (χ1) is 27.7. The van der Waals surface area contributed by atoms with E-state index in [1.165, 1.54) is 0 Å². The zero-order chi connectivity index (χ0) is 37.0. The van der Waals surface area contributed by atoms with Crippen molar-refractivity contribution in [3.8, 4) is 67.5 Å². The second-order valence-corrected chi connectivity index (χ2v) is 13.9. The van der Waals surface area contributed by atoms with Crippen LogP contribution in [0.15, 0.2) is 197 Å². The molecule has 0 aliphatic carbocycles. The fraction of sp³-hybridized carbons (Fsp3) is 0. The molecule has 0 spiro atoms. The predicted molar refractivity (Wildman–Crippen MR) is 227 cm³/mol. The third-order valence-corrected chi connectivity index (χ3v) is 10.6. The first-order valence-electron chi connectivity index (χ1n) is 18.7. The summed E-state index contributed by atoms with van der Waals surface area (Å²) in [4.78, 5) is 15.3. The highest BCUT2D eigenvalue weighted by Gasteiger charge is 2.21. The van der Waals surface area contributed by atoms with Gasteiger partial charge in [0.05, 0.1) is 0 Å². The van der Waals surface area contributed by atoms with Crippen molar-refractivity contribution < 1.29 is 8.83 Å². The maximum Gasteiger partial charge on any atom is 0.164 e.